The Morgan fingerprint density at radius 2 is 1.33 bits per heavy atom. The Balaban J connectivity index is 1.63. The lowest BCUT2D eigenvalue weighted by atomic mass is 9.99. The van der Waals surface area contributed by atoms with Gasteiger partial charge in [-0.25, -0.2) is 0 Å². The Morgan fingerprint density at radius 3 is 1.90 bits per heavy atom. The fourth-order valence-corrected chi connectivity index (χ4v) is 3.82. The maximum atomic E-state index is 11.8. The van der Waals surface area contributed by atoms with Crippen LogP contribution < -0.4 is 10.5 Å². The number of hydrogen-bond donors (Lipinski definition) is 1. The third kappa shape index (κ3) is 9.02. The van der Waals surface area contributed by atoms with E-state index >= 15 is 0 Å². The summed E-state index contributed by atoms with van der Waals surface area (Å²) in [5.74, 6) is 0.378. The maximum Gasteiger partial charge on any atom is 0.249 e. The van der Waals surface area contributed by atoms with Crippen molar-refractivity contribution in [2.24, 2.45) is 5.73 Å². The first-order chi connectivity index (χ1) is 14.7. The van der Waals surface area contributed by atoms with Crippen LogP contribution in [0.15, 0.2) is 48.5 Å². The molecule has 0 bridgehead atoms. The number of unbranched alkanes of at least 4 members (excludes halogenated alkanes) is 11. The average Bonchev–Trinajstić information content (AvgIpc) is 2.77. The fraction of sp³-hybridized carbons (Fsp3) is 0.519. The van der Waals surface area contributed by atoms with Crippen LogP contribution in [0.5, 0.6) is 5.75 Å². The minimum Gasteiger partial charge on any atom is -0.494 e. The predicted octanol–water partition coefficient (Wildman–Crippen LogP) is 7.53. The minimum absolute atomic E-state index is 0.415. The molecule has 2 aromatic carbocycles. The molecular formula is C27H39NO2. The lowest BCUT2D eigenvalue weighted by molar-refractivity contribution is 0.100. The molecule has 3 nitrogen and oxygen atoms in total. The number of benzene rings is 2. The lowest BCUT2D eigenvalue weighted by Crippen LogP contribution is -2.12. The third-order valence-electron chi connectivity index (χ3n) is 5.61. The van der Waals surface area contributed by atoms with Gasteiger partial charge >= 0.3 is 0 Å². The van der Waals surface area contributed by atoms with Crippen LogP contribution in [0.25, 0.3) is 11.1 Å². The molecule has 0 aliphatic heterocycles. The highest BCUT2D eigenvalue weighted by Crippen LogP contribution is 2.28. The summed E-state index contributed by atoms with van der Waals surface area (Å²) in [6.45, 7) is 2.98. The number of ether oxygens (including phenoxy) is 1. The summed E-state index contributed by atoms with van der Waals surface area (Å²) in [6.07, 6.45) is 16.0. The summed E-state index contributed by atoms with van der Waals surface area (Å²) in [5.41, 5.74) is 7.88. The van der Waals surface area contributed by atoms with Crippen LogP contribution in [0.1, 0.15) is 94.3 Å². The zero-order valence-corrected chi connectivity index (χ0v) is 18.7. The highest BCUT2D eigenvalue weighted by Gasteiger charge is 2.11. The molecule has 1 amide bonds. The molecule has 30 heavy (non-hydrogen) atoms. The summed E-state index contributed by atoms with van der Waals surface area (Å²) < 4.78 is 5.94. The van der Waals surface area contributed by atoms with Gasteiger partial charge in [0.05, 0.1) is 6.61 Å². The first kappa shape index (κ1) is 24.0. The standard InChI is InChI=1S/C27H39NO2/c1-2-3-4-5-6-7-8-9-10-11-12-16-21-30-24-19-20-25(27(28)29)26(22-24)23-17-14-13-15-18-23/h13-15,17-20,22H,2-12,16,21H2,1H3,(H2,28,29). The summed E-state index contributed by atoms with van der Waals surface area (Å²) in [5, 5.41) is 0. The Bertz CT molecular complexity index is 727. The number of hydrogen-bond acceptors (Lipinski definition) is 2. The molecule has 0 spiro atoms. The van der Waals surface area contributed by atoms with Crippen molar-refractivity contribution < 1.29 is 9.53 Å². The van der Waals surface area contributed by atoms with Gasteiger partial charge in [0.1, 0.15) is 5.75 Å². The Kier molecular flexibility index (Phi) is 11.7. The van der Waals surface area contributed by atoms with E-state index in [9.17, 15) is 4.79 Å². The largest absolute Gasteiger partial charge is 0.494 e. The van der Waals surface area contributed by atoms with E-state index in [4.69, 9.17) is 10.5 Å². The van der Waals surface area contributed by atoms with Crippen LogP contribution in [0.2, 0.25) is 0 Å². The number of primary amides is 1. The molecule has 0 saturated carbocycles. The molecule has 164 valence electrons. The number of carbonyl (C=O) groups excluding carboxylic acids is 1. The zero-order chi connectivity index (χ0) is 21.4. The predicted molar refractivity (Wildman–Crippen MR) is 127 cm³/mol. The van der Waals surface area contributed by atoms with Crippen LogP contribution in [0, 0.1) is 0 Å². The molecule has 0 aliphatic carbocycles. The molecule has 0 unspecified atom stereocenters. The molecule has 0 saturated heterocycles. The van der Waals surface area contributed by atoms with Gasteiger partial charge in [0, 0.05) is 5.56 Å². The van der Waals surface area contributed by atoms with Gasteiger partial charge in [-0.15, -0.1) is 0 Å². The molecular weight excluding hydrogens is 370 g/mol. The first-order valence-electron chi connectivity index (χ1n) is 11.8. The topological polar surface area (TPSA) is 52.3 Å². The molecule has 0 radical (unpaired) electrons. The molecule has 0 atom stereocenters. The van der Waals surface area contributed by atoms with Crippen LogP contribution >= 0.6 is 0 Å². The van der Waals surface area contributed by atoms with E-state index < -0.39 is 5.91 Å². The SMILES string of the molecule is CCCCCCCCCCCCCCOc1ccc(C(N)=O)c(-c2ccccc2)c1. The number of carbonyl (C=O) groups is 1. The van der Waals surface area contributed by atoms with E-state index in [1.807, 2.05) is 42.5 Å². The van der Waals surface area contributed by atoms with E-state index in [-0.39, 0.29) is 0 Å². The van der Waals surface area contributed by atoms with E-state index in [0.29, 0.717) is 12.2 Å². The highest BCUT2D eigenvalue weighted by atomic mass is 16.5. The quantitative estimate of drug-likeness (QED) is 0.291. The average molecular weight is 410 g/mol. The van der Waals surface area contributed by atoms with E-state index in [1.165, 1.54) is 70.6 Å². The van der Waals surface area contributed by atoms with Gasteiger partial charge < -0.3 is 10.5 Å². The summed E-state index contributed by atoms with van der Waals surface area (Å²) in [4.78, 5) is 11.8. The second-order valence-corrected chi connectivity index (χ2v) is 8.18. The molecule has 2 aromatic rings. The van der Waals surface area contributed by atoms with Crippen molar-refractivity contribution in [3.8, 4) is 16.9 Å². The molecule has 2 rings (SSSR count). The highest BCUT2D eigenvalue weighted by molar-refractivity contribution is 6.00. The molecule has 3 heteroatoms. The van der Waals surface area contributed by atoms with Crippen LogP contribution in [0.3, 0.4) is 0 Å². The number of amides is 1. The van der Waals surface area contributed by atoms with Gasteiger partial charge in [0.15, 0.2) is 0 Å². The van der Waals surface area contributed by atoms with Gasteiger partial charge in [-0.1, -0.05) is 108 Å². The second-order valence-electron chi connectivity index (χ2n) is 8.18. The second kappa shape index (κ2) is 14.7. The Labute approximate surface area is 183 Å². The Morgan fingerprint density at radius 1 is 0.767 bits per heavy atom. The van der Waals surface area contributed by atoms with E-state index in [2.05, 4.69) is 6.92 Å². The third-order valence-corrected chi connectivity index (χ3v) is 5.61. The van der Waals surface area contributed by atoms with Crippen molar-refractivity contribution in [3.05, 3.63) is 54.1 Å². The zero-order valence-electron chi connectivity index (χ0n) is 18.7. The minimum atomic E-state index is -0.415. The van der Waals surface area contributed by atoms with Crippen LogP contribution in [0.4, 0.5) is 0 Å². The first-order valence-corrected chi connectivity index (χ1v) is 11.8. The van der Waals surface area contributed by atoms with Crippen molar-refractivity contribution in [2.75, 3.05) is 6.61 Å². The van der Waals surface area contributed by atoms with Gasteiger partial charge in [-0.05, 0) is 35.7 Å². The lowest BCUT2D eigenvalue weighted by Gasteiger charge is -2.11. The van der Waals surface area contributed by atoms with Crippen molar-refractivity contribution in [1.82, 2.24) is 0 Å². The summed E-state index contributed by atoms with van der Waals surface area (Å²) in [7, 11) is 0. The Hall–Kier alpha value is -2.29. The van der Waals surface area contributed by atoms with E-state index in [1.54, 1.807) is 6.07 Å². The van der Waals surface area contributed by atoms with Crippen molar-refractivity contribution in [3.63, 3.8) is 0 Å². The molecule has 2 N–H and O–H groups in total. The molecule has 0 heterocycles. The summed E-state index contributed by atoms with van der Waals surface area (Å²) in [6, 6.07) is 15.4. The smallest absolute Gasteiger partial charge is 0.249 e. The van der Waals surface area contributed by atoms with Crippen molar-refractivity contribution in [1.29, 1.82) is 0 Å². The fourth-order valence-electron chi connectivity index (χ4n) is 3.82. The van der Waals surface area contributed by atoms with Gasteiger partial charge in [-0.3, -0.25) is 4.79 Å². The van der Waals surface area contributed by atoms with Crippen molar-refractivity contribution >= 4 is 5.91 Å². The maximum absolute atomic E-state index is 11.8. The monoisotopic (exact) mass is 409 g/mol. The molecule has 0 fully saturated rings. The van der Waals surface area contributed by atoms with Crippen LogP contribution in [-0.4, -0.2) is 12.5 Å². The molecule has 0 aromatic heterocycles. The van der Waals surface area contributed by atoms with Gasteiger partial charge in [0.25, 0.3) is 0 Å². The van der Waals surface area contributed by atoms with Crippen molar-refractivity contribution in [2.45, 2.75) is 84.0 Å². The summed E-state index contributed by atoms with van der Waals surface area (Å²) >= 11 is 0. The molecule has 0 aliphatic rings. The number of nitrogens with two attached hydrogens (primary N) is 1. The normalized spacial score (nSPS) is 10.8. The van der Waals surface area contributed by atoms with Gasteiger partial charge in [-0.2, -0.15) is 0 Å². The van der Waals surface area contributed by atoms with Gasteiger partial charge in [0.2, 0.25) is 5.91 Å². The van der Waals surface area contributed by atoms with E-state index in [0.717, 1.165) is 23.3 Å². The number of rotatable bonds is 16. The van der Waals surface area contributed by atoms with Crippen LogP contribution in [-0.2, 0) is 0 Å².